The van der Waals surface area contributed by atoms with E-state index in [2.05, 4.69) is 11.4 Å². The number of nitrogens with one attached hydrogen (secondary N) is 1. The van der Waals surface area contributed by atoms with E-state index in [1.165, 1.54) is 5.57 Å². The lowest BCUT2D eigenvalue weighted by molar-refractivity contribution is 0.334. The van der Waals surface area contributed by atoms with E-state index in [0.29, 0.717) is 6.61 Å². The van der Waals surface area contributed by atoms with Gasteiger partial charge in [-0.2, -0.15) is 0 Å². The molecule has 0 amide bonds. The maximum Gasteiger partial charge on any atom is 0.127 e. The molecule has 0 saturated heterocycles. The average Bonchev–Trinajstić information content (AvgIpc) is 2.45. The fourth-order valence-corrected chi connectivity index (χ4v) is 1.84. The molecular formula is C14H19NO3. The molecule has 0 fully saturated rings. The van der Waals surface area contributed by atoms with Crippen LogP contribution in [0.3, 0.4) is 0 Å². The van der Waals surface area contributed by atoms with Crippen LogP contribution in [-0.4, -0.2) is 33.9 Å². The van der Waals surface area contributed by atoms with Crippen molar-refractivity contribution in [1.29, 1.82) is 0 Å². The second-order valence-electron chi connectivity index (χ2n) is 4.15. The van der Waals surface area contributed by atoms with Crippen molar-refractivity contribution in [3.05, 3.63) is 29.8 Å². The molecule has 1 aliphatic rings. The normalized spacial score (nSPS) is 14.9. The lowest BCUT2D eigenvalue weighted by Gasteiger charge is -2.15. The SMILES string of the molecule is COc1cc(OC)cc(OCC2=CCNCC2)c1. The van der Waals surface area contributed by atoms with Crippen molar-refractivity contribution in [3.63, 3.8) is 0 Å². The Morgan fingerprint density at radius 3 is 2.28 bits per heavy atom. The molecule has 0 unspecified atom stereocenters. The second kappa shape index (κ2) is 6.31. The van der Waals surface area contributed by atoms with Crippen molar-refractivity contribution >= 4 is 0 Å². The van der Waals surface area contributed by atoms with Crippen LogP contribution in [0.2, 0.25) is 0 Å². The maximum atomic E-state index is 5.77. The van der Waals surface area contributed by atoms with Crippen LogP contribution in [0.25, 0.3) is 0 Å². The minimum absolute atomic E-state index is 0.623. The van der Waals surface area contributed by atoms with Gasteiger partial charge in [-0.1, -0.05) is 6.08 Å². The predicted molar refractivity (Wildman–Crippen MR) is 70.6 cm³/mol. The van der Waals surface area contributed by atoms with Crippen LogP contribution < -0.4 is 19.5 Å². The topological polar surface area (TPSA) is 39.7 Å². The Morgan fingerprint density at radius 2 is 1.72 bits per heavy atom. The highest BCUT2D eigenvalue weighted by molar-refractivity contribution is 5.42. The Balaban J connectivity index is 2.01. The first-order valence-corrected chi connectivity index (χ1v) is 6.06. The lowest BCUT2D eigenvalue weighted by atomic mass is 10.1. The Hall–Kier alpha value is -1.68. The van der Waals surface area contributed by atoms with Crippen molar-refractivity contribution in [2.24, 2.45) is 0 Å². The largest absolute Gasteiger partial charge is 0.496 e. The van der Waals surface area contributed by atoms with E-state index in [0.717, 1.165) is 36.8 Å². The summed E-state index contributed by atoms with van der Waals surface area (Å²) in [4.78, 5) is 0. The molecule has 0 aliphatic carbocycles. The number of hydrogen-bond donors (Lipinski definition) is 1. The number of hydrogen-bond acceptors (Lipinski definition) is 4. The zero-order valence-corrected chi connectivity index (χ0v) is 10.9. The molecular weight excluding hydrogens is 230 g/mol. The third-order valence-electron chi connectivity index (χ3n) is 2.91. The first-order chi connectivity index (χ1) is 8.81. The molecule has 0 radical (unpaired) electrons. The number of rotatable bonds is 5. The molecule has 0 saturated carbocycles. The van der Waals surface area contributed by atoms with Crippen LogP contribution in [0.15, 0.2) is 29.8 Å². The summed E-state index contributed by atoms with van der Waals surface area (Å²) in [5.41, 5.74) is 1.33. The van der Waals surface area contributed by atoms with Crippen molar-refractivity contribution in [1.82, 2.24) is 5.32 Å². The van der Waals surface area contributed by atoms with Crippen LogP contribution in [0.5, 0.6) is 17.2 Å². The number of methoxy groups -OCH3 is 2. The highest BCUT2D eigenvalue weighted by atomic mass is 16.5. The van der Waals surface area contributed by atoms with E-state index in [1.54, 1.807) is 14.2 Å². The quantitative estimate of drug-likeness (QED) is 0.810. The first-order valence-electron chi connectivity index (χ1n) is 6.06. The van der Waals surface area contributed by atoms with Crippen LogP contribution in [0.4, 0.5) is 0 Å². The summed E-state index contributed by atoms with van der Waals surface area (Å²) < 4.78 is 16.2. The Labute approximate surface area is 108 Å². The average molecular weight is 249 g/mol. The molecule has 0 spiro atoms. The van der Waals surface area contributed by atoms with Gasteiger partial charge in [-0.3, -0.25) is 0 Å². The summed E-state index contributed by atoms with van der Waals surface area (Å²) in [5, 5.41) is 3.28. The van der Waals surface area contributed by atoms with Crippen molar-refractivity contribution in [3.8, 4) is 17.2 Å². The third kappa shape index (κ3) is 3.40. The molecule has 1 aromatic carbocycles. The molecule has 1 heterocycles. The highest BCUT2D eigenvalue weighted by Gasteiger charge is 2.06. The smallest absolute Gasteiger partial charge is 0.127 e. The van der Waals surface area contributed by atoms with E-state index >= 15 is 0 Å². The van der Waals surface area contributed by atoms with Gasteiger partial charge in [0.1, 0.15) is 23.9 Å². The molecule has 98 valence electrons. The van der Waals surface area contributed by atoms with Gasteiger partial charge >= 0.3 is 0 Å². The first kappa shape index (κ1) is 12.8. The zero-order valence-electron chi connectivity index (χ0n) is 10.9. The van der Waals surface area contributed by atoms with E-state index in [9.17, 15) is 0 Å². The monoisotopic (exact) mass is 249 g/mol. The van der Waals surface area contributed by atoms with Gasteiger partial charge < -0.3 is 19.5 Å². The maximum absolute atomic E-state index is 5.77. The summed E-state index contributed by atoms with van der Waals surface area (Å²) in [6.07, 6.45) is 3.22. The van der Waals surface area contributed by atoms with Gasteiger partial charge in [0.2, 0.25) is 0 Å². The van der Waals surface area contributed by atoms with Gasteiger partial charge in [0, 0.05) is 24.7 Å². The fourth-order valence-electron chi connectivity index (χ4n) is 1.84. The molecule has 0 aromatic heterocycles. The van der Waals surface area contributed by atoms with Gasteiger partial charge in [-0.25, -0.2) is 0 Å². The predicted octanol–water partition coefficient (Wildman–Crippen LogP) is 2.00. The van der Waals surface area contributed by atoms with Gasteiger partial charge in [-0.05, 0) is 18.5 Å². The molecule has 0 atom stereocenters. The Bertz CT molecular complexity index is 407. The summed E-state index contributed by atoms with van der Waals surface area (Å²) >= 11 is 0. The van der Waals surface area contributed by atoms with E-state index in [1.807, 2.05) is 18.2 Å². The van der Waals surface area contributed by atoms with Crippen LogP contribution >= 0.6 is 0 Å². The number of ether oxygens (including phenoxy) is 3. The minimum atomic E-state index is 0.623. The molecule has 1 aromatic rings. The van der Waals surface area contributed by atoms with Crippen molar-refractivity contribution < 1.29 is 14.2 Å². The summed E-state index contributed by atoms with van der Waals surface area (Å²) in [7, 11) is 3.27. The lowest BCUT2D eigenvalue weighted by Crippen LogP contribution is -2.22. The number of benzene rings is 1. The Kier molecular flexibility index (Phi) is 4.47. The zero-order chi connectivity index (χ0) is 12.8. The molecule has 4 nitrogen and oxygen atoms in total. The fraction of sp³-hybridized carbons (Fsp3) is 0.429. The minimum Gasteiger partial charge on any atom is -0.496 e. The summed E-state index contributed by atoms with van der Waals surface area (Å²) in [5.74, 6) is 2.25. The van der Waals surface area contributed by atoms with Gasteiger partial charge in [0.05, 0.1) is 14.2 Å². The van der Waals surface area contributed by atoms with Crippen molar-refractivity contribution in [2.75, 3.05) is 33.9 Å². The molecule has 18 heavy (non-hydrogen) atoms. The second-order valence-corrected chi connectivity index (χ2v) is 4.15. The van der Waals surface area contributed by atoms with Crippen LogP contribution in [0.1, 0.15) is 6.42 Å². The molecule has 4 heteroatoms. The standard InChI is InChI=1S/C14H19NO3/c1-16-12-7-13(17-2)9-14(8-12)18-10-11-3-5-15-6-4-11/h3,7-9,15H,4-6,10H2,1-2H3. The molecule has 1 aliphatic heterocycles. The summed E-state index contributed by atoms with van der Waals surface area (Å²) in [6.45, 7) is 2.58. The van der Waals surface area contributed by atoms with E-state index in [4.69, 9.17) is 14.2 Å². The van der Waals surface area contributed by atoms with Crippen LogP contribution in [-0.2, 0) is 0 Å². The van der Waals surface area contributed by atoms with E-state index in [-0.39, 0.29) is 0 Å². The van der Waals surface area contributed by atoms with Gasteiger partial charge in [0.15, 0.2) is 0 Å². The summed E-state index contributed by atoms with van der Waals surface area (Å²) in [6, 6.07) is 5.56. The highest BCUT2D eigenvalue weighted by Crippen LogP contribution is 2.27. The molecule has 2 rings (SSSR count). The van der Waals surface area contributed by atoms with Gasteiger partial charge in [-0.15, -0.1) is 0 Å². The third-order valence-corrected chi connectivity index (χ3v) is 2.91. The van der Waals surface area contributed by atoms with E-state index < -0.39 is 0 Å². The van der Waals surface area contributed by atoms with Crippen molar-refractivity contribution in [2.45, 2.75) is 6.42 Å². The van der Waals surface area contributed by atoms with Gasteiger partial charge in [0.25, 0.3) is 0 Å². The Morgan fingerprint density at radius 1 is 1.06 bits per heavy atom. The molecule has 0 bridgehead atoms. The van der Waals surface area contributed by atoms with Crippen LogP contribution in [0, 0.1) is 0 Å². The molecule has 1 N–H and O–H groups in total.